The summed E-state index contributed by atoms with van der Waals surface area (Å²) in [6.07, 6.45) is 0. The molecule has 0 atom stereocenters. The smallest absolute Gasteiger partial charge is 0.267 e. The van der Waals surface area contributed by atoms with Crippen LogP contribution in [0, 0.1) is 11.6 Å². The van der Waals surface area contributed by atoms with E-state index < -0.39 is 11.6 Å². The molecule has 1 heterocycles. The highest BCUT2D eigenvalue weighted by atomic mass is 32.1. The van der Waals surface area contributed by atoms with Crippen LogP contribution in [0.3, 0.4) is 0 Å². The van der Waals surface area contributed by atoms with Crippen LogP contribution in [0.4, 0.5) is 13.9 Å². The van der Waals surface area contributed by atoms with Crippen LogP contribution in [-0.4, -0.2) is 24.6 Å². The summed E-state index contributed by atoms with van der Waals surface area (Å²) in [6, 6.07) is 18.2. The average Bonchev–Trinajstić information content (AvgIpc) is 3.20. The topological polar surface area (TPSA) is 51.7 Å². The Balaban J connectivity index is 1.62. The Morgan fingerprint density at radius 2 is 1.81 bits per heavy atom. The van der Waals surface area contributed by atoms with E-state index >= 15 is 0 Å². The number of hydrogen-bond acceptors (Lipinski definition) is 5. The van der Waals surface area contributed by atoms with Crippen LogP contribution in [0.15, 0.2) is 66.7 Å². The molecule has 0 saturated heterocycles. The van der Waals surface area contributed by atoms with E-state index in [1.54, 1.807) is 31.4 Å². The Morgan fingerprint density at radius 3 is 2.58 bits per heavy atom. The third-order valence-electron chi connectivity index (χ3n) is 4.52. The van der Waals surface area contributed by atoms with Crippen molar-refractivity contribution in [1.29, 1.82) is 0 Å². The molecule has 158 valence electrons. The van der Waals surface area contributed by atoms with Gasteiger partial charge in [-0.2, -0.15) is 0 Å². The summed E-state index contributed by atoms with van der Waals surface area (Å²) in [5, 5.41) is 0.266. The largest absolute Gasteiger partial charge is 0.497 e. The quantitative estimate of drug-likeness (QED) is 0.397. The van der Waals surface area contributed by atoms with Gasteiger partial charge in [-0.15, -0.1) is 0 Å². The third kappa shape index (κ3) is 4.80. The molecular weight excluding hydrogens is 422 g/mol. The molecule has 0 saturated carbocycles. The van der Waals surface area contributed by atoms with Gasteiger partial charge in [0.25, 0.3) is 5.91 Å². The lowest BCUT2D eigenvalue weighted by atomic mass is 10.2. The SMILES string of the molecule is COc1cccc(OCC(=O)N(Cc2ccccc2)c2nc3c(F)cc(F)cc3s2)c1. The van der Waals surface area contributed by atoms with Gasteiger partial charge < -0.3 is 9.47 Å². The first-order valence-corrected chi connectivity index (χ1v) is 10.2. The molecule has 0 bridgehead atoms. The maximum absolute atomic E-state index is 14.2. The fourth-order valence-electron chi connectivity index (χ4n) is 3.00. The Hall–Kier alpha value is -3.52. The van der Waals surface area contributed by atoms with Crippen molar-refractivity contribution in [3.8, 4) is 11.5 Å². The van der Waals surface area contributed by atoms with Crippen LogP contribution in [-0.2, 0) is 11.3 Å². The van der Waals surface area contributed by atoms with Crippen LogP contribution in [0.5, 0.6) is 11.5 Å². The number of hydrogen-bond donors (Lipinski definition) is 0. The van der Waals surface area contributed by atoms with E-state index in [-0.39, 0.29) is 29.7 Å². The zero-order valence-corrected chi connectivity index (χ0v) is 17.4. The summed E-state index contributed by atoms with van der Waals surface area (Å²) in [5.41, 5.74) is 0.893. The summed E-state index contributed by atoms with van der Waals surface area (Å²) in [4.78, 5) is 18.7. The summed E-state index contributed by atoms with van der Waals surface area (Å²) in [5.74, 6) is -0.745. The van der Waals surface area contributed by atoms with Gasteiger partial charge in [0.2, 0.25) is 0 Å². The van der Waals surface area contributed by atoms with Crippen molar-refractivity contribution < 1.29 is 23.0 Å². The molecule has 4 aromatic rings. The maximum atomic E-state index is 14.2. The van der Waals surface area contributed by atoms with Crippen molar-refractivity contribution in [1.82, 2.24) is 4.98 Å². The zero-order chi connectivity index (χ0) is 21.8. The summed E-state index contributed by atoms with van der Waals surface area (Å²) < 4.78 is 38.9. The number of methoxy groups -OCH3 is 1. The normalized spacial score (nSPS) is 10.8. The Labute approximate surface area is 181 Å². The molecule has 0 aliphatic rings. The van der Waals surface area contributed by atoms with Crippen LogP contribution in [0.2, 0.25) is 0 Å². The highest BCUT2D eigenvalue weighted by molar-refractivity contribution is 7.22. The monoisotopic (exact) mass is 440 g/mol. The van der Waals surface area contributed by atoms with Gasteiger partial charge in [-0.05, 0) is 23.8 Å². The number of rotatable bonds is 7. The van der Waals surface area contributed by atoms with Crippen LogP contribution in [0.1, 0.15) is 5.56 Å². The number of carbonyl (C=O) groups is 1. The standard InChI is InChI=1S/C23H18F2N2O3S/c1-29-17-8-5-9-18(12-17)30-14-21(28)27(13-15-6-3-2-4-7-15)23-26-22-19(25)10-16(24)11-20(22)31-23/h2-12H,13-14H2,1H3. The van der Waals surface area contributed by atoms with Gasteiger partial charge in [-0.25, -0.2) is 13.8 Å². The predicted octanol–water partition coefficient (Wildman–Crippen LogP) is 5.20. The molecule has 0 aliphatic carbocycles. The molecular formula is C23H18F2N2O3S. The van der Waals surface area contributed by atoms with Gasteiger partial charge in [0.1, 0.15) is 22.8 Å². The Bertz CT molecular complexity index is 1210. The Kier molecular flexibility index (Phi) is 6.08. The summed E-state index contributed by atoms with van der Waals surface area (Å²) >= 11 is 1.05. The highest BCUT2D eigenvalue weighted by Gasteiger charge is 2.22. The molecule has 4 rings (SSSR count). The fraction of sp³-hybridized carbons (Fsp3) is 0.130. The first kappa shape index (κ1) is 20.7. The van der Waals surface area contributed by atoms with E-state index in [9.17, 15) is 13.6 Å². The molecule has 0 fully saturated rings. The molecule has 1 amide bonds. The number of amides is 1. The van der Waals surface area contributed by atoms with E-state index in [0.29, 0.717) is 16.2 Å². The molecule has 8 heteroatoms. The van der Waals surface area contributed by atoms with Crippen molar-refractivity contribution in [2.45, 2.75) is 6.54 Å². The lowest BCUT2D eigenvalue weighted by Gasteiger charge is -2.20. The molecule has 1 aromatic heterocycles. The van der Waals surface area contributed by atoms with E-state index in [0.717, 1.165) is 23.0 Å². The molecule has 0 N–H and O–H groups in total. The number of anilines is 1. The van der Waals surface area contributed by atoms with Crippen LogP contribution < -0.4 is 14.4 Å². The number of ether oxygens (including phenoxy) is 2. The lowest BCUT2D eigenvalue weighted by Crippen LogP contribution is -2.34. The summed E-state index contributed by atoms with van der Waals surface area (Å²) in [7, 11) is 1.54. The highest BCUT2D eigenvalue weighted by Crippen LogP contribution is 2.32. The predicted molar refractivity (Wildman–Crippen MR) is 116 cm³/mol. The lowest BCUT2D eigenvalue weighted by molar-refractivity contribution is -0.120. The van der Waals surface area contributed by atoms with Crippen molar-refractivity contribution in [2.75, 3.05) is 18.6 Å². The first-order chi connectivity index (χ1) is 15.0. The molecule has 3 aromatic carbocycles. The minimum Gasteiger partial charge on any atom is -0.497 e. The number of aromatic nitrogens is 1. The number of nitrogens with zero attached hydrogens (tertiary/aromatic N) is 2. The second kappa shape index (κ2) is 9.09. The van der Waals surface area contributed by atoms with Gasteiger partial charge in [0, 0.05) is 12.1 Å². The summed E-state index contributed by atoms with van der Waals surface area (Å²) in [6.45, 7) is -0.0438. The number of benzene rings is 3. The van der Waals surface area contributed by atoms with Crippen LogP contribution in [0.25, 0.3) is 10.2 Å². The van der Waals surface area contributed by atoms with Gasteiger partial charge in [0.05, 0.1) is 18.4 Å². The van der Waals surface area contributed by atoms with Crippen molar-refractivity contribution in [2.24, 2.45) is 0 Å². The van der Waals surface area contributed by atoms with Gasteiger partial charge in [-0.1, -0.05) is 47.7 Å². The molecule has 31 heavy (non-hydrogen) atoms. The minimum absolute atomic E-state index is 0.0287. The second-order valence-corrected chi connectivity index (χ2v) is 7.67. The second-order valence-electron chi connectivity index (χ2n) is 6.66. The third-order valence-corrected chi connectivity index (χ3v) is 5.55. The zero-order valence-electron chi connectivity index (χ0n) is 16.5. The van der Waals surface area contributed by atoms with Crippen molar-refractivity contribution in [3.63, 3.8) is 0 Å². The number of halogens is 2. The minimum atomic E-state index is -0.766. The number of thiazole rings is 1. The molecule has 5 nitrogen and oxygen atoms in total. The molecule has 0 spiro atoms. The van der Waals surface area contributed by atoms with Gasteiger partial charge in [-0.3, -0.25) is 9.69 Å². The molecule has 0 radical (unpaired) electrons. The van der Waals surface area contributed by atoms with E-state index in [2.05, 4.69) is 4.98 Å². The van der Waals surface area contributed by atoms with E-state index in [4.69, 9.17) is 9.47 Å². The molecule has 0 unspecified atom stereocenters. The van der Waals surface area contributed by atoms with E-state index in [1.165, 1.54) is 11.0 Å². The Morgan fingerprint density at radius 1 is 1.03 bits per heavy atom. The molecule has 0 aliphatic heterocycles. The van der Waals surface area contributed by atoms with Gasteiger partial charge in [0.15, 0.2) is 17.6 Å². The van der Waals surface area contributed by atoms with E-state index in [1.807, 2.05) is 30.3 Å². The number of carbonyl (C=O) groups excluding carboxylic acids is 1. The van der Waals surface area contributed by atoms with Crippen molar-refractivity contribution in [3.05, 3.63) is 83.9 Å². The van der Waals surface area contributed by atoms with Gasteiger partial charge >= 0.3 is 0 Å². The van der Waals surface area contributed by atoms with Crippen LogP contribution >= 0.6 is 11.3 Å². The number of fused-ring (bicyclic) bond motifs is 1. The average molecular weight is 440 g/mol. The first-order valence-electron chi connectivity index (χ1n) is 9.40. The maximum Gasteiger partial charge on any atom is 0.267 e. The fourth-order valence-corrected chi connectivity index (χ4v) is 4.02. The van der Waals surface area contributed by atoms with Crippen molar-refractivity contribution >= 4 is 32.6 Å².